The minimum absolute atomic E-state index is 0.135. The van der Waals surface area contributed by atoms with Gasteiger partial charge in [-0.25, -0.2) is 0 Å². The van der Waals surface area contributed by atoms with Crippen LogP contribution in [0.1, 0.15) is 16.7 Å². The Balaban J connectivity index is 2.00. The average molecular weight is 394 g/mol. The Morgan fingerprint density at radius 2 is 1.92 bits per heavy atom. The molecule has 1 fully saturated rings. The van der Waals surface area contributed by atoms with Crippen LogP contribution < -0.4 is 4.90 Å². The van der Waals surface area contributed by atoms with Crippen molar-refractivity contribution in [3.8, 4) is 0 Å². The first-order chi connectivity index (χ1) is 11.4. The molecule has 2 nitrogen and oxygen atoms in total. The van der Waals surface area contributed by atoms with Crippen molar-refractivity contribution in [2.24, 2.45) is 0 Å². The lowest BCUT2D eigenvalue weighted by Crippen LogP contribution is -2.28. The number of thiocarbonyl (C=S) groups is 1. The summed E-state index contributed by atoms with van der Waals surface area (Å²) in [5.41, 5.74) is 3.72. The van der Waals surface area contributed by atoms with Crippen LogP contribution in [0, 0.1) is 13.8 Å². The van der Waals surface area contributed by atoms with Gasteiger partial charge in [0, 0.05) is 10.0 Å². The number of amides is 1. The van der Waals surface area contributed by atoms with Gasteiger partial charge in [-0.15, -0.1) is 0 Å². The lowest BCUT2D eigenvalue weighted by molar-refractivity contribution is -0.113. The summed E-state index contributed by atoms with van der Waals surface area (Å²) < 4.78 is 0.519. The van der Waals surface area contributed by atoms with E-state index >= 15 is 0 Å². The van der Waals surface area contributed by atoms with Crippen LogP contribution in [-0.4, -0.2) is 10.2 Å². The Hall–Kier alpha value is -1.33. The van der Waals surface area contributed by atoms with Gasteiger partial charge in [0.05, 0.1) is 10.6 Å². The molecule has 122 valence electrons. The van der Waals surface area contributed by atoms with E-state index in [1.807, 2.05) is 32.0 Å². The summed E-state index contributed by atoms with van der Waals surface area (Å²) in [7, 11) is 0. The summed E-state index contributed by atoms with van der Waals surface area (Å²) in [6.45, 7) is 4.00. The maximum absolute atomic E-state index is 12.8. The van der Waals surface area contributed by atoms with Crippen LogP contribution in [-0.2, 0) is 4.79 Å². The Morgan fingerprint density at radius 3 is 2.62 bits per heavy atom. The number of carbonyl (C=O) groups is 1. The molecule has 0 atom stereocenters. The molecule has 1 heterocycles. The highest BCUT2D eigenvalue weighted by atomic mass is 35.5. The van der Waals surface area contributed by atoms with Crippen molar-refractivity contribution in [2.45, 2.75) is 13.8 Å². The maximum atomic E-state index is 12.8. The number of halogens is 2. The van der Waals surface area contributed by atoms with Crippen molar-refractivity contribution in [3.05, 3.63) is 68.0 Å². The van der Waals surface area contributed by atoms with Gasteiger partial charge in [-0.3, -0.25) is 9.69 Å². The molecule has 3 rings (SSSR count). The standard InChI is InChI=1S/C18H13Cl2NOS2/c1-10-4-3-5-15(11(10)2)21-17(22)16(24-18(21)23)8-12-6-7-13(19)9-14(12)20/h3-9H,1-2H3/b16-8-. The SMILES string of the molecule is Cc1cccc(N2C(=O)/C(=C/c3ccc(Cl)cc3Cl)SC2=S)c1C. The number of hydrogen-bond donors (Lipinski definition) is 0. The summed E-state index contributed by atoms with van der Waals surface area (Å²) in [5, 5.41) is 1.06. The summed E-state index contributed by atoms with van der Waals surface area (Å²) in [6.07, 6.45) is 1.75. The average Bonchev–Trinajstić information content (AvgIpc) is 2.80. The molecule has 1 saturated heterocycles. The number of benzene rings is 2. The van der Waals surface area contributed by atoms with Crippen LogP contribution in [0.25, 0.3) is 6.08 Å². The van der Waals surface area contributed by atoms with Crippen molar-refractivity contribution in [3.63, 3.8) is 0 Å². The van der Waals surface area contributed by atoms with Gasteiger partial charge in [-0.05, 0) is 54.8 Å². The second-order valence-corrected chi connectivity index (χ2v) is 7.92. The van der Waals surface area contributed by atoms with E-state index in [4.69, 9.17) is 35.4 Å². The molecular weight excluding hydrogens is 381 g/mol. The van der Waals surface area contributed by atoms with Crippen LogP contribution >= 0.6 is 47.2 Å². The van der Waals surface area contributed by atoms with E-state index in [0.717, 1.165) is 22.4 Å². The molecule has 24 heavy (non-hydrogen) atoms. The first-order valence-electron chi connectivity index (χ1n) is 7.17. The third-order valence-corrected chi connectivity index (χ3v) is 5.72. The fraction of sp³-hybridized carbons (Fsp3) is 0.111. The number of aryl methyl sites for hydroxylation is 1. The molecular formula is C18H13Cl2NOS2. The second kappa shape index (κ2) is 6.89. The van der Waals surface area contributed by atoms with Crippen molar-refractivity contribution in [1.82, 2.24) is 0 Å². The van der Waals surface area contributed by atoms with Gasteiger partial charge >= 0.3 is 0 Å². The minimum atomic E-state index is -0.135. The number of carbonyl (C=O) groups excluding carboxylic acids is 1. The van der Waals surface area contributed by atoms with Gasteiger partial charge in [0.1, 0.15) is 0 Å². The molecule has 1 aliphatic heterocycles. The van der Waals surface area contributed by atoms with Gasteiger partial charge < -0.3 is 0 Å². The predicted octanol–water partition coefficient (Wildman–Crippen LogP) is 6.02. The molecule has 0 aromatic heterocycles. The fourth-order valence-corrected chi connectivity index (χ4v) is 4.15. The van der Waals surface area contributed by atoms with Crippen molar-refractivity contribution in [2.75, 3.05) is 4.90 Å². The summed E-state index contributed by atoms with van der Waals surface area (Å²) in [6, 6.07) is 11.0. The molecule has 0 aliphatic carbocycles. The molecule has 2 aromatic carbocycles. The molecule has 2 aromatic rings. The lowest BCUT2D eigenvalue weighted by atomic mass is 10.1. The Morgan fingerprint density at radius 1 is 1.17 bits per heavy atom. The predicted molar refractivity (Wildman–Crippen MR) is 108 cm³/mol. The van der Waals surface area contributed by atoms with Crippen LogP contribution in [0.2, 0.25) is 10.0 Å². The minimum Gasteiger partial charge on any atom is -0.268 e. The van der Waals surface area contributed by atoms with Crippen LogP contribution in [0.15, 0.2) is 41.3 Å². The summed E-state index contributed by atoms with van der Waals surface area (Å²) >= 11 is 18.8. The third kappa shape index (κ3) is 3.24. The number of anilines is 1. The van der Waals surface area contributed by atoms with Gasteiger partial charge in [-0.2, -0.15) is 0 Å². The largest absolute Gasteiger partial charge is 0.270 e. The van der Waals surface area contributed by atoms with Crippen molar-refractivity contribution >= 4 is 69.2 Å². The first kappa shape index (κ1) is 17.5. The molecule has 1 amide bonds. The molecule has 0 radical (unpaired) electrons. The number of thioether (sulfide) groups is 1. The zero-order valence-corrected chi connectivity index (χ0v) is 16.1. The quantitative estimate of drug-likeness (QED) is 0.459. The van der Waals surface area contributed by atoms with Crippen molar-refractivity contribution < 1.29 is 4.79 Å². The molecule has 0 N–H and O–H groups in total. The number of rotatable bonds is 2. The summed E-state index contributed by atoms with van der Waals surface area (Å²) in [4.78, 5) is 15.0. The van der Waals surface area contributed by atoms with E-state index in [2.05, 4.69) is 0 Å². The molecule has 6 heteroatoms. The fourth-order valence-electron chi connectivity index (χ4n) is 2.41. The third-order valence-electron chi connectivity index (χ3n) is 3.86. The van der Waals surface area contributed by atoms with Gasteiger partial charge in [0.15, 0.2) is 4.32 Å². The van der Waals surface area contributed by atoms with Gasteiger partial charge in [-0.1, -0.05) is 65.4 Å². The summed E-state index contributed by atoms with van der Waals surface area (Å²) in [5.74, 6) is -0.135. The zero-order valence-electron chi connectivity index (χ0n) is 13.0. The highest BCUT2D eigenvalue weighted by Crippen LogP contribution is 2.38. The van der Waals surface area contributed by atoms with E-state index in [0.29, 0.717) is 19.3 Å². The van der Waals surface area contributed by atoms with E-state index in [1.54, 1.807) is 29.2 Å². The van der Waals surface area contributed by atoms with E-state index in [1.165, 1.54) is 11.8 Å². The lowest BCUT2D eigenvalue weighted by Gasteiger charge is -2.18. The molecule has 0 unspecified atom stereocenters. The topological polar surface area (TPSA) is 20.3 Å². The van der Waals surface area contributed by atoms with E-state index in [9.17, 15) is 4.79 Å². The Kier molecular flexibility index (Phi) is 5.02. The molecule has 0 spiro atoms. The van der Waals surface area contributed by atoms with E-state index < -0.39 is 0 Å². The second-order valence-electron chi connectivity index (χ2n) is 5.40. The van der Waals surface area contributed by atoms with Crippen molar-refractivity contribution in [1.29, 1.82) is 0 Å². The van der Waals surface area contributed by atoms with E-state index in [-0.39, 0.29) is 5.91 Å². The van der Waals surface area contributed by atoms with Crippen LogP contribution in [0.3, 0.4) is 0 Å². The van der Waals surface area contributed by atoms with Crippen LogP contribution in [0.5, 0.6) is 0 Å². The van der Waals surface area contributed by atoms with Gasteiger partial charge in [0.2, 0.25) is 0 Å². The smallest absolute Gasteiger partial charge is 0.268 e. The monoisotopic (exact) mass is 393 g/mol. The maximum Gasteiger partial charge on any atom is 0.270 e. The normalized spacial score (nSPS) is 16.3. The zero-order chi connectivity index (χ0) is 17.4. The molecule has 0 bridgehead atoms. The number of hydrogen-bond acceptors (Lipinski definition) is 3. The van der Waals surface area contributed by atoms with Crippen LogP contribution in [0.4, 0.5) is 5.69 Å². The molecule has 0 saturated carbocycles. The van der Waals surface area contributed by atoms with Gasteiger partial charge in [0.25, 0.3) is 5.91 Å². The Labute approximate surface area is 160 Å². The highest BCUT2D eigenvalue weighted by Gasteiger charge is 2.34. The Bertz CT molecular complexity index is 893. The number of nitrogens with zero attached hydrogens (tertiary/aromatic N) is 1. The molecule has 1 aliphatic rings. The first-order valence-corrected chi connectivity index (χ1v) is 9.16. The highest BCUT2D eigenvalue weighted by molar-refractivity contribution is 8.27.